The van der Waals surface area contributed by atoms with Crippen molar-refractivity contribution in [2.75, 3.05) is 20.4 Å². The van der Waals surface area contributed by atoms with E-state index in [2.05, 4.69) is 5.32 Å². The highest BCUT2D eigenvalue weighted by molar-refractivity contribution is 5.91. The number of nitrogens with one attached hydrogen (secondary N) is 1. The molecule has 6 rings (SSSR count). The van der Waals surface area contributed by atoms with Gasteiger partial charge >= 0.3 is 5.97 Å². The van der Waals surface area contributed by atoms with Crippen LogP contribution in [0.5, 0.6) is 11.5 Å². The molecule has 0 aliphatic carbocycles. The number of nitrogens with zero attached hydrogens (tertiary/aromatic N) is 2. The van der Waals surface area contributed by atoms with Crippen LogP contribution in [0.15, 0.2) is 23.0 Å². The normalized spacial score (nSPS) is 19.5. The van der Waals surface area contributed by atoms with Crippen LogP contribution >= 0.6 is 0 Å². The lowest BCUT2D eigenvalue weighted by atomic mass is 9.86. The van der Waals surface area contributed by atoms with Gasteiger partial charge in [-0.3, -0.25) is 4.79 Å². The smallest absolute Gasteiger partial charge is 0.343 e. The van der Waals surface area contributed by atoms with Gasteiger partial charge in [0.15, 0.2) is 17.1 Å². The zero-order chi connectivity index (χ0) is 24.3. The van der Waals surface area contributed by atoms with Crippen LogP contribution < -0.4 is 20.3 Å². The molecule has 0 fully saturated rings. The SMILES string of the molecule is CC[C@@]1(O)C(=O)OCc2c1cc1n(c2=O)Cc2c-1nc1cc3c(cc1c2CCCCNC)OCO3. The fourth-order valence-electron chi connectivity index (χ4n) is 5.44. The number of unbranched alkanes of at least 4 members (excludes halogenated alkanes) is 1. The van der Waals surface area contributed by atoms with Gasteiger partial charge in [-0.2, -0.15) is 0 Å². The Hall–Kier alpha value is -3.43. The van der Waals surface area contributed by atoms with E-state index in [0.717, 1.165) is 47.8 Å². The van der Waals surface area contributed by atoms with Crippen molar-refractivity contribution in [3.8, 4) is 22.9 Å². The zero-order valence-corrected chi connectivity index (χ0v) is 19.8. The van der Waals surface area contributed by atoms with Crippen molar-refractivity contribution in [3.05, 3.63) is 50.8 Å². The van der Waals surface area contributed by atoms with E-state index in [-0.39, 0.29) is 25.4 Å². The summed E-state index contributed by atoms with van der Waals surface area (Å²) < 4.78 is 18.1. The number of fused-ring (bicyclic) bond motifs is 6. The molecule has 0 amide bonds. The molecule has 5 heterocycles. The highest BCUT2D eigenvalue weighted by atomic mass is 16.7. The Bertz CT molecular complexity index is 1450. The molecule has 3 aromatic rings. The third-order valence-electron chi connectivity index (χ3n) is 7.40. The summed E-state index contributed by atoms with van der Waals surface area (Å²) >= 11 is 0. The number of hydrogen-bond donors (Lipinski definition) is 2. The Morgan fingerprint density at radius 1 is 1.11 bits per heavy atom. The quantitative estimate of drug-likeness (QED) is 0.322. The number of cyclic esters (lactones) is 1. The second kappa shape index (κ2) is 8.07. The van der Waals surface area contributed by atoms with Gasteiger partial charge in [-0.15, -0.1) is 0 Å². The molecule has 1 aromatic carbocycles. The molecule has 182 valence electrons. The van der Waals surface area contributed by atoms with E-state index in [1.165, 1.54) is 0 Å². The van der Waals surface area contributed by atoms with E-state index in [1.54, 1.807) is 17.6 Å². The van der Waals surface area contributed by atoms with Gasteiger partial charge in [0.05, 0.1) is 29.0 Å². The lowest BCUT2D eigenvalue weighted by Gasteiger charge is -2.31. The van der Waals surface area contributed by atoms with Gasteiger partial charge in [0.25, 0.3) is 5.56 Å². The lowest BCUT2D eigenvalue weighted by Crippen LogP contribution is -2.44. The Labute approximate surface area is 201 Å². The van der Waals surface area contributed by atoms with Crippen molar-refractivity contribution in [2.24, 2.45) is 0 Å². The summed E-state index contributed by atoms with van der Waals surface area (Å²) in [4.78, 5) is 30.9. The van der Waals surface area contributed by atoms with Crippen LogP contribution in [0.1, 0.15) is 48.4 Å². The number of ether oxygens (including phenoxy) is 3. The first-order valence-corrected chi connectivity index (χ1v) is 12.0. The summed E-state index contributed by atoms with van der Waals surface area (Å²) in [5.74, 6) is 0.622. The number of rotatable bonds is 6. The monoisotopic (exact) mass is 477 g/mol. The number of benzene rings is 1. The molecule has 0 saturated carbocycles. The second-order valence-electron chi connectivity index (χ2n) is 9.30. The Morgan fingerprint density at radius 3 is 2.69 bits per heavy atom. The van der Waals surface area contributed by atoms with Crippen LogP contribution in [0.3, 0.4) is 0 Å². The minimum Gasteiger partial charge on any atom is -0.458 e. The number of carbonyl (C=O) groups is 1. The van der Waals surface area contributed by atoms with Crippen LogP contribution in [0.2, 0.25) is 0 Å². The molecule has 1 atom stereocenters. The molecule has 0 saturated heterocycles. The molecule has 2 N–H and O–H groups in total. The second-order valence-corrected chi connectivity index (χ2v) is 9.30. The third kappa shape index (κ3) is 3.18. The predicted molar refractivity (Wildman–Crippen MR) is 128 cm³/mol. The molecule has 0 bridgehead atoms. The van der Waals surface area contributed by atoms with Crippen LogP contribution in [0.25, 0.3) is 22.3 Å². The van der Waals surface area contributed by atoms with E-state index < -0.39 is 11.6 Å². The number of aromatic nitrogens is 2. The largest absolute Gasteiger partial charge is 0.458 e. The molecule has 3 aliphatic rings. The van der Waals surface area contributed by atoms with E-state index in [0.29, 0.717) is 40.6 Å². The molecular weight excluding hydrogens is 450 g/mol. The number of carbonyl (C=O) groups excluding carboxylic acids is 1. The number of hydrogen-bond acceptors (Lipinski definition) is 8. The molecule has 2 aromatic heterocycles. The Morgan fingerprint density at radius 2 is 1.91 bits per heavy atom. The first-order chi connectivity index (χ1) is 17.0. The fraction of sp³-hybridized carbons (Fsp3) is 0.423. The van der Waals surface area contributed by atoms with Crippen LogP contribution in [-0.2, 0) is 34.7 Å². The fourth-order valence-corrected chi connectivity index (χ4v) is 5.44. The van der Waals surface area contributed by atoms with E-state index in [4.69, 9.17) is 19.2 Å². The van der Waals surface area contributed by atoms with Gasteiger partial charge in [0, 0.05) is 22.6 Å². The van der Waals surface area contributed by atoms with Crippen LogP contribution in [0, 0.1) is 0 Å². The Kier molecular flexibility index (Phi) is 5.08. The molecule has 35 heavy (non-hydrogen) atoms. The van der Waals surface area contributed by atoms with Crippen molar-refractivity contribution < 1.29 is 24.1 Å². The highest BCUT2D eigenvalue weighted by Crippen LogP contribution is 2.43. The molecular formula is C26H27N3O6. The summed E-state index contributed by atoms with van der Waals surface area (Å²) in [7, 11) is 1.94. The number of esters is 1. The van der Waals surface area contributed by atoms with Crippen molar-refractivity contribution >= 4 is 16.9 Å². The molecule has 0 spiro atoms. The molecule has 0 unspecified atom stereocenters. The number of aliphatic hydroxyl groups is 1. The van der Waals surface area contributed by atoms with Gasteiger partial charge in [0.2, 0.25) is 6.79 Å². The zero-order valence-electron chi connectivity index (χ0n) is 19.8. The topological polar surface area (TPSA) is 112 Å². The lowest BCUT2D eigenvalue weighted by molar-refractivity contribution is -0.172. The molecule has 9 heteroatoms. The summed E-state index contributed by atoms with van der Waals surface area (Å²) in [6.07, 6.45) is 2.93. The summed E-state index contributed by atoms with van der Waals surface area (Å²) in [5.41, 5.74) is 2.76. The predicted octanol–water partition coefficient (Wildman–Crippen LogP) is 2.35. The van der Waals surface area contributed by atoms with Crippen LogP contribution in [-0.4, -0.2) is 41.0 Å². The van der Waals surface area contributed by atoms with Gasteiger partial charge < -0.3 is 29.2 Å². The van der Waals surface area contributed by atoms with Crippen molar-refractivity contribution in [2.45, 2.75) is 51.4 Å². The maximum Gasteiger partial charge on any atom is 0.343 e. The van der Waals surface area contributed by atoms with E-state index >= 15 is 0 Å². The van der Waals surface area contributed by atoms with E-state index in [9.17, 15) is 14.7 Å². The first-order valence-electron chi connectivity index (χ1n) is 12.0. The van der Waals surface area contributed by atoms with Crippen LogP contribution in [0.4, 0.5) is 0 Å². The maximum atomic E-state index is 13.5. The first kappa shape index (κ1) is 22.1. The molecule has 0 radical (unpaired) electrons. The van der Waals surface area contributed by atoms with Gasteiger partial charge in [-0.25, -0.2) is 9.78 Å². The molecule has 9 nitrogen and oxygen atoms in total. The summed E-state index contributed by atoms with van der Waals surface area (Å²) in [6.45, 7) is 3.05. The molecule has 3 aliphatic heterocycles. The van der Waals surface area contributed by atoms with Crippen molar-refractivity contribution in [1.29, 1.82) is 0 Å². The minimum absolute atomic E-state index is 0.111. The van der Waals surface area contributed by atoms with Gasteiger partial charge in [0.1, 0.15) is 6.61 Å². The third-order valence-corrected chi connectivity index (χ3v) is 7.40. The highest BCUT2D eigenvalue weighted by Gasteiger charge is 2.45. The van der Waals surface area contributed by atoms with Gasteiger partial charge in [-0.1, -0.05) is 6.92 Å². The van der Waals surface area contributed by atoms with Crippen molar-refractivity contribution in [3.63, 3.8) is 0 Å². The standard InChI is InChI=1S/C26H27N3O6/c1-3-26(32)18-9-20-23-16(11-29(20)24(30)17(18)12-33-25(26)31)14(6-4-5-7-27-2)15-8-21-22(35-13-34-21)10-19(15)28-23/h8-10,27,32H,3-7,11-13H2,1-2H3/t26-/m0/s1. The van der Waals surface area contributed by atoms with E-state index in [1.807, 2.05) is 19.2 Å². The number of aryl methyl sites for hydroxylation is 1. The average molecular weight is 478 g/mol. The Balaban J connectivity index is 1.57. The van der Waals surface area contributed by atoms with Crippen molar-refractivity contribution in [1.82, 2.24) is 14.9 Å². The minimum atomic E-state index is -1.84. The summed E-state index contributed by atoms with van der Waals surface area (Å²) in [5, 5.41) is 15.3. The average Bonchev–Trinajstić information content (AvgIpc) is 3.47. The summed E-state index contributed by atoms with van der Waals surface area (Å²) in [6, 6.07) is 5.62. The maximum absolute atomic E-state index is 13.5. The van der Waals surface area contributed by atoms with Gasteiger partial charge in [-0.05, 0) is 57.0 Å². The number of pyridine rings is 2.